The maximum atomic E-state index is 11.6. The summed E-state index contributed by atoms with van der Waals surface area (Å²) in [6.07, 6.45) is 5.17. The molecule has 0 spiro atoms. The summed E-state index contributed by atoms with van der Waals surface area (Å²) in [4.78, 5) is 11.6. The van der Waals surface area contributed by atoms with Gasteiger partial charge >= 0.3 is 0 Å². The van der Waals surface area contributed by atoms with Gasteiger partial charge in [0.1, 0.15) is 0 Å². The summed E-state index contributed by atoms with van der Waals surface area (Å²) in [6, 6.07) is 6.48. The summed E-state index contributed by atoms with van der Waals surface area (Å²) >= 11 is 0. The molecule has 0 atom stereocenters. The number of benzene rings is 1. The third-order valence-electron chi connectivity index (χ3n) is 3.10. The molecule has 1 aromatic carbocycles. The lowest BCUT2D eigenvalue weighted by Gasteiger charge is -2.05. The van der Waals surface area contributed by atoms with Gasteiger partial charge in [0.05, 0.1) is 6.42 Å². The average molecular weight is 217 g/mol. The van der Waals surface area contributed by atoms with Crippen molar-refractivity contribution in [1.29, 1.82) is 0 Å². The van der Waals surface area contributed by atoms with Gasteiger partial charge in [-0.15, -0.1) is 0 Å². The minimum Gasteiger partial charge on any atom is -0.356 e. The van der Waals surface area contributed by atoms with Gasteiger partial charge in [-0.25, -0.2) is 0 Å². The van der Waals surface area contributed by atoms with Gasteiger partial charge in [0.25, 0.3) is 0 Å². The van der Waals surface area contributed by atoms with E-state index in [0.29, 0.717) is 6.42 Å². The number of aryl methyl sites for hydroxylation is 2. The molecule has 0 aromatic heterocycles. The molecule has 0 radical (unpaired) electrons. The highest BCUT2D eigenvalue weighted by atomic mass is 16.1. The van der Waals surface area contributed by atoms with E-state index < -0.39 is 0 Å². The topological polar surface area (TPSA) is 29.1 Å². The summed E-state index contributed by atoms with van der Waals surface area (Å²) < 4.78 is 0. The molecule has 0 aliphatic heterocycles. The van der Waals surface area contributed by atoms with Crippen LogP contribution in [-0.2, 0) is 24.1 Å². The van der Waals surface area contributed by atoms with Crippen molar-refractivity contribution in [2.45, 2.75) is 39.0 Å². The molecule has 0 heterocycles. The van der Waals surface area contributed by atoms with Gasteiger partial charge in [-0.2, -0.15) is 0 Å². The number of hydrogen-bond acceptors (Lipinski definition) is 1. The summed E-state index contributed by atoms with van der Waals surface area (Å²) in [7, 11) is 0. The minimum atomic E-state index is 0.139. The van der Waals surface area contributed by atoms with Gasteiger partial charge < -0.3 is 5.32 Å². The summed E-state index contributed by atoms with van der Waals surface area (Å²) in [6.45, 7) is 2.85. The van der Waals surface area contributed by atoms with Crippen LogP contribution in [0.2, 0.25) is 0 Å². The third-order valence-corrected chi connectivity index (χ3v) is 3.10. The van der Waals surface area contributed by atoms with Crippen LogP contribution in [0.4, 0.5) is 0 Å². The highest BCUT2D eigenvalue weighted by Crippen LogP contribution is 2.22. The highest BCUT2D eigenvalue weighted by Gasteiger charge is 2.11. The van der Waals surface area contributed by atoms with Crippen LogP contribution in [0.5, 0.6) is 0 Å². The lowest BCUT2D eigenvalue weighted by molar-refractivity contribution is -0.120. The second-order valence-electron chi connectivity index (χ2n) is 4.48. The Morgan fingerprint density at radius 1 is 1.31 bits per heavy atom. The third kappa shape index (κ3) is 2.63. The van der Waals surface area contributed by atoms with Crippen LogP contribution in [0.1, 0.15) is 36.5 Å². The second kappa shape index (κ2) is 5.15. The molecule has 0 bridgehead atoms. The number of carbonyl (C=O) groups is 1. The fourth-order valence-electron chi connectivity index (χ4n) is 2.25. The van der Waals surface area contributed by atoms with Crippen molar-refractivity contribution in [3.8, 4) is 0 Å². The van der Waals surface area contributed by atoms with E-state index in [0.717, 1.165) is 18.5 Å². The predicted molar refractivity (Wildman–Crippen MR) is 65.5 cm³/mol. The quantitative estimate of drug-likeness (QED) is 0.823. The van der Waals surface area contributed by atoms with Crippen LogP contribution >= 0.6 is 0 Å². The molecule has 2 nitrogen and oxygen atoms in total. The first-order valence-corrected chi connectivity index (χ1v) is 6.17. The van der Waals surface area contributed by atoms with Crippen molar-refractivity contribution in [3.05, 3.63) is 34.9 Å². The molecule has 16 heavy (non-hydrogen) atoms. The SMILES string of the molecule is CCCNC(=O)Cc1ccc2c(c1)CCC2. The molecular weight excluding hydrogens is 198 g/mol. The zero-order valence-electron chi connectivity index (χ0n) is 9.88. The van der Waals surface area contributed by atoms with E-state index in [1.807, 2.05) is 0 Å². The lowest BCUT2D eigenvalue weighted by Crippen LogP contribution is -2.25. The maximum absolute atomic E-state index is 11.6. The van der Waals surface area contributed by atoms with Crippen molar-refractivity contribution in [2.24, 2.45) is 0 Å². The molecule has 0 saturated heterocycles. The van der Waals surface area contributed by atoms with E-state index in [-0.39, 0.29) is 5.91 Å². The molecule has 2 rings (SSSR count). The smallest absolute Gasteiger partial charge is 0.224 e. The molecule has 1 N–H and O–H groups in total. The fourth-order valence-corrected chi connectivity index (χ4v) is 2.25. The highest BCUT2D eigenvalue weighted by molar-refractivity contribution is 5.78. The van der Waals surface area contributed by atoms with Gasteiger partial charge in [0.2, 0.25) is 5.91 Å². The van der Waals surface area contributed by atoms with Gasteiger partial charge in [-0.1, -0.05) is 25.1 Å². The Morgan fingerprint density at radius 3 is 2.94 bits per heavy atom. The van der Waals surface area contributed by atoms with Crippen molar-refractivity contribution in [2.75, 3.05) is 6.54 Å². The first kappa shape index (κ1) is 11.2. The second-order valence-corrected chi connectivity index (χ2v) is 4.48. The normalized spacial score (nSPS) is 13.6. The van der Waals surface area contributed by atoms with Crippen LogP contribution in [0.25, 0.3) is 0 Å². The van der Waals surface area contributed by atoms with Crippen molar-refractivity contribution >= 4 is 5.91 Å². The Morgan fingerprint density at radius 2 is 2.12 bits per heavy atom. The lowest BCUT2D eigenvalue weighted by atomic mass is 10.0. The fraction of sp³-hybridized carbons (Fsp3) is 0.500. The largest absolute Gasteiger partial charge is 0.356 e. The molecule has 1 amide bonds. The summed E-state index contributed by atoms with van der Waals surface area (Å²) in [5, 5.41) is 2.91. The number of rotatable bonds is 4. The van der Waals surface area contributed by atoms with Gasteiger partial charge in [-0.3, -0.25) is 4.79 Å². The zero-order valence-corrected chi connectivity index (χ0v) is 9.88. The number of carbonyl (C=O) groups excluding carboxylic acids is 1. The van der Waals surface area contributed by atoms with E-state index >= 15 is 0 Å². The molecule has 0 fully saturated rings. The molecular formula is C14H19NO. The van der Waals surface area contributed by atoms with E-state index in [1.54, 1.807) is 0 Å². The Hall–Kier alpha value is -1.31. The van der Waals surface area contributed by atoms with Crippen molar-refractivity contribution in [3.63, 3.8) is 0 Å². The Kier molecular flexibility index (Phi) is 3.60. The first-order valence-electron chi connectivity index (χ1n) is 6.17. The molecule has 1 aromatic rings. The number of nitrogens with one attached hydrogen (secondary N) is 1. The van der Waals surface area contributed by atoms with Crippen molar-refractivity contribution in [1.82, 2.24) is 5.32 Å². The predicted octanol–water partition coefficient (Wildman–Crippen LogP) is 2.24. The number of amides is 1. The van der Waals surface area contributed by atoms with Gasteiger partial charge in [0.15, 0.2) is 0 Å². The standard InChI is InChI=1S/C14H19NO/c1-2-8-15-14(16)10-11-6-7-12-4-3-5-13(12)9-11/h6-7,9H,2-5,8,10H2,1H3,(H,15,16). The van der Waals surface area contributed by atoms with Gasteiger partial charge in [0, 0.05) is 6.54 Å². The van der Waals surface area contributed by atoms with E-state index in [1.165, 1.54) is 30.4 Å². The summed E-state index contributed by atoms with van der Waals surface area (Å²) in [5.74, 6) is 0.139. The summed E-state index contributed by atoms with van der Waals surface area (Å²) in [5.41, 5.74) is 4.06. The zero-order chi connectivity index (χ0) is 11.4. The monoisotopic (exact) mass is 217 g/mol. The van der Waals surface area contributed by atoms with Crippen LogP contribution in [0, 0.1) is 0 Å². The Balaban J connectivity index is 1.97. The van der Waals surface area contributed by atoms with Crippen LogP contribution < -0.4 is 5.32 Å². The van der Waals surface area contributed by atoms with Crippen LogP contribution in [-0.4, -0.2) is 12.5 Å². The molecule has 1 aliphatic carbocycles. The molecule has 1 aliphatic rings. The minimum absolute atomic E-state index is 0.139. The first-order chi connectivity index (χ1) is 7.79. The van der Waals surface area contributed by atoms with E-state index in [2.05, 4.69) is 30.4 Å². The van der Waals surface area contributed by atoms with Gasteiger partial charge in [-0.05, 0) is 42.4 Å². The molecule has 0 unspecified atom stereocenters. The maximum Gasteiger partial charge on any atom is 0.224 e. The van der Waals surface area contributed by atoms with E-state index in [9.17, 15) is 4.79 Å². The van der Waals surface area contributed by atoms with Crippen LogP contribution in [0.3, 0.4) is 0 Å². The number of fused-ring (bicyclic) bond motifs is 1. The average Bonchev–Trinajstić information content (AvgIpc) is 2.73. The Bertz CT molecular complexity index is 384. The van der Waals surface area contributed by atoms with E-state index in [4.69, 9.17) is 0 Å². The Labute approximate surface area is 97.1 Å². The number of hydrogen-bond donors (Lipinski definition) is 1. The molecule has 2 heteroatoms. The molecule has 0 saturated carbocycles. The van der Waals surface area contributed by atoms with Crippen LogP contribution in [0.15, 0.2) is 18.2 Å². The molecule has 86 valence electrons. The van der Waals surface area contributed by atoms with Crippen molar-refractivity contribution < 1.29 is 4.79 Å².